The molecule has 3 heteroatoms. The first kappa shape index (κ1) is 13.4. The molecule has 0 unspecified atom stereocenters. The SMILES string of the molecule is CCCCC[C@@H]1NCO[C@@H]1c1ccc(OC)cc1. The van der Waals surface area contributed by atoms with Crippen LogP contribution >= 0.6 is 0 Å². The molecule has 1 aliphatic heterocycles. The minimum Gasteiger partial charge on any atom is -0.497 e. The molecule has 1 aromatic rings. The van der Waals surface area contributed by atoms with E-state index in [0.29, 0.717) is 12.8 Å². The lowest BCUT2D eigenvalue weighted by Crippen LogP contribution is -2.25. The normalized spacial score (nSPS) is 23.2. The van der Waals surface area contributed by atoms with Crippen LogP contribution in [0.2, 0.25) is 0 Å². The van der Waals surface area contributed by atoms with Crippen molar-refractivity contribution in [3.63, 3.8) is 0 Å². The van der Waals surface area contributed by atoms with Crippen LogP contribution in [0.15, 0.2) is 24.3 Å². The van der Waals surface area contributed by atoms with Gasteiger partial charge >= 0.3 is 0 Å². The van der Waals surface area contributed by atoms with E-state index in [0.717, 1.165) is 5.75 Å². The number of benzene rings is 1. The fraction of sp³-hybridized carbons (Fsp3) is 0.600. The van der Waals surface area contributed by atoms with Crippen LogP contribution < -0.4 is 10.1 Å². The van der Waals surface area contributed by atoms with Gasteiger partial charge in [-0.3, -0.25) is 5.32 Å². The summed E-state index contributed by atoms with van der Waals surface area (Å²) in [6, 6.07) is 8.65. The van der Waals surface area contributed by atoms with Crippen molar-refractivity contribution < 1.29 is 9.47 Å². The maximum absolute atomic E-state index is 5.80. The fourth-order valence-corrected chi connectivity index (χ4v) is 2.46. The lowest BCUT2D eigenvalue weighted by atomic mass is 9.98. The van der Waals surface area contributed by atoms with Crippen LogP contribution in [-0.2, 0) is 4.74 Å². The third-order valence-electron chi connectivity index (χ3n) is 3.54. The van der Waals surface area contributed by atoms with Crippen LogP contribution in [0.4, 0.5) is 0 Å². The average Bonchev–Trinajstić information content (AvgIpc) is 2.88. The summed E-state index contributed by atoms with van der Waals surface area (Å²) in [7, 11) is 1.69. The van der Waals surface area contributed by atoms with Gasteiger partial charge in [0.1, 0.15) is 5.75 Å². The molecule has 1 aliphatic rings. The van der Waals surface area contributed by atoms with Crippen molar-refractivity contribution in [3.8, 4) is 5.75 Å². The molecule has 0 radical (unpaired) electrons. The van der Waals surface area contributed by atoms with E-state index in [9.17, 15) is 0 Å². The minimum absolute atomic E-state index is 0.188. The van der Waals surface area contributed by atoms with Gasteiger partial charge in [0, 0.05) is 6.04 Å². The zero-order chi connectivity index (χ0) is 12.8. The molecule has 1 saturated heterocycles. The van der Waals surface area contributed by atoms with Crippen LogP contribution in [0.5, 0.6) is 5.75 Å². The van der Waals surface area contributed by atoms with E-state index in [1.807, 2.05) is 12.1 Å². The summed E-state index contributed by atoms with van der Waals surface area (Å²) in [4.78, 5) is 0. The highest BCUT2D eigenvalue weighted by Crippen LogP contribution is 2.29. The van der Waals surface area contributed by atoms with Gasteiger partial charge in [-0.1, -0.05) is 38.3 Å². The van der Waals surface area contributed by atoms with Crippen LogP contribution in [-0.4, -0.2) is 19.9 Å². The van der Waals surface area contributed by atoms with Gasteiger partial charge < -0.3 is 9.47 Å². The van der Waals surface area contributed by atoms with Gasteiger partial charge in [0.15, 0.2) is 0 Å². The second-order valence-electron chi connectivity index (χ2n) is 4.81. The van der Waals surface area contributed by atoms with Crippen LogP contribution in [0.3, 0.4) is 0 Å². The minimum atomic E-state index is 0.188. The third-order valence-corrected chi connectivity index (χ3v) is 3.54. The van der Waals surface area contributed by atoms with E-state index in [1.165, 1.54) is 31.2 Å². The number of nitrogens with one attached hydrogen (secondary N) is 1. The Hall–Kier alpha value is -1.06. The molecule has 1 N–H and O–H groups in total. The Morgan fingerprint density at radius 1 is 1.28 bits per heavy atom. The van der Waals surface area contributed by atoms with Crippen molar-refractivity contribution >= 4 is 0 Å². The van der Waals surface area contributed by atoms with Gasteiger partial charge in [-0.2, -0.15) is 0 Å². The Morgan fingerprint density at radius 3 is 2.72 bits per heavy atom. The number of ether oxygens (including phenoxy) is 2. The highest BCUT2D eigenvalue weighted by atomic mass is 16.5. The fourth-order valence-electron chi connectivity index (χ4n) is 2.46. The Bertz CT molecular complexity index is 350. The molecule has 1 fully saturated rings. The largest absolute Gasteiger partial charge is 0.497 e. The lowest BCUT2D eigenvalue weighted by Gasteiger charge is -2.18. The second-order valence-corrected chi connectivity index (χ2v) is 4.81. The highest BCUT2D eigenvalue weighted by molar-refractivity contribution is 5.29. The number of hydrogen-bond acceptors (Lipinski definition) is 3. The molecule has 1 aromatic carbocycles. The molecule has 0 bridgehead atoms. The molecule has 2 atom stereocenters. The van der Waals surface area contributed by atoms with E-state index in [-0.39, 0.29) is 6.10 Å². The topological polar surface area (TPSA) is 30.5 Å². The molecular weight excluding hydrogens is 226 g/mol. The van der Waals surface area contributed by atoms with E-state index < -0.39 is 0 Å². The van der Waals surface area contributed by atoms with Gasteiger partial charge in [-0.15, -0.1) is 0 Å². The van der Waals surface area contributed by atoms with Crippen molar-refractivity contribution in [1.29, 1.82) is 0 Å². The van der Waals surface area contributed by atoms with Crippen LogP contribution in [0, 0.1) is 0 Å². The summed E-state index contributed by atoms with van der Waals surface area (Å²) in [5, 5.41) is 3.44. The molecule has 0 spiro atoms. The van der Waals surface area contributed by atoms with Gasteiger partial charge in [0.25, 0.3) is 0 Å². The van der Waals surface area contributed by atoms with E-state index in [4.69, 9.17) is 9.47 Å². The smallest absolute Gasteiger partial charge is 0.118 e. The first-order chi connectivity index (χ1) is 8.85. The van der Waals surface area contributed by atoms with Crippen LogP contribution in [0.25, 0.3) is 0 Å². The molecule has 0 aromatic heterocycles. The van der Waals surface area contributed by atoms with Crippen LogP contribution in [0.1, 0.15) is 44.3 Å². The standard InChI is InChI=1S/C15H23NO2/c1-3-4-5-6-14-15(18-11-16-14)12-7-9-13(17-2)10-8-12/h7-10,14-16H,3-6,11H2,1-2H3/t14-,15+/m0/s1. The number of rotatable bonds is 6. The first-order valence-electron chi connectivity index (χ1n) is 6.84. The lowest BCUT2D eigenvalue weighted by molar-refractivity contribution is 0.101. The Morgan fingerprint density at radius 2 is 2.06 bits per heavy atom. The zero-order valence-corrected chi connectivity index (χ0v) is 11.3. The maximum atomic E-state index is 5.80. The molecule has 2 rings (SSSR count). The van der Waals surface area contributed by atoms with Crippen molar-refractivity contribution in [2.24, 2.45) is 0 Å². The van der Waals surface area contributed by atoms with E-state index in [2.05, 4.69) is 24.4 Å². The summed E-state index contributed by atoms with van der Waals surface area (Å²) >= 11 is 0. The number of methoxy groups -OCH3 is 1. The van der Waals surface area contributed by atoms with Crippen molar-refractivity contribution in [2.45, 2.75) is 44.8 Å². The zero-order valence-electron chi connectivity index (χ0n) is 11.3. The summed E-state index contributed by atoms with van der Waals surface area (Å²) in [5.41, 5.74) is 1.24. The number of hydrogen-bond donors (Lipinski definition) is 1. The summed E-state index contributed by atoms with van der Waals surface area (Å²) < 4.78 is 11.0. The van der Waals surface area contributed by atoms with Gasteiger partial charge in [-0.05, 0) is 24.1 Å². The third kappa shape index (κ3) is 3.24. The predicted octanol–water partition coefficient (Wildman–Crippen LogP) is 3.26. The quantitative estimate of drug-likeness (QED) is 0.785. The van der Waals surface area contributed by atoms with Gasteiger partial charge in [-0.25, -0.2) is 0 Å². The van der Waals surface area contributed by atoms with E-state index >= 15 is 0 Å². The summed E-state index contributed by atoms with van der Waals surface area (Å²) in [6.45, 7) is 2.90. The summed E-state index contributed by atoms with van der Waals surface area (Å²) in [5.74, 6) is 0.896. The van der Waals surface area contributed by atoms with Crippen molar-refractivity contribution in [3.05, 3.63) is 29.8 Å². The molecule has 0 saturated carbocycles. The monoisotopic (exact) mass is 249 g/mol. The predicted molar refractivity (Wildman–Crippen MR) is 72.8 cm³/mol. The molecule has 1 heterocycles. The Kier molecular flexibility index (Phi) is 5.02. The second kappa shape index (κ2) is 6.76. The van der Waals surface area contributed by atoms with Gasteiger partial charge in [0.05, 0.1) is 19.9 Å². The molecule has 100 valence electrons. The highest BCUT2D eigenvalue weighted by Gasteiger charge is 2.28. The molecule has 0 amide bonds. The summed E-state index contributed by atoms with van der Waals surface area (Å²) in [6.07, 6.45) is 5.20. The molecule has 0 aliphatic carbocycles. The van der Waals surface area contributed by atoms with Gasteiger partial charge in [0.2, 0.25) is 0 Å². The van der Waals surface area contributed by atoms with E-state index in [1.54, 1.807) is 7.11 Å². The van der Waals surface area contributed by atoms with Crippen molar-refractivity contribution in [1.82, 2.24) is 5.32 Å². The average molecular weight is 249 g/mol. The first-order valence-corrected chi connectivity index (χ1v) is 6.84. The number of unbranched alkanes of at least 4 members (excludes halogenated alkanes) is 2. The maximum Gasteiger partial charge on any atom is 0.118 e. The Labute approximate surface area is 109 Å². The molecule has 18 heavy (non-hydrogen) atoms. The molecule has 3 nitrogen and oxygen atoms in total. The Balaban J connectivity index is 1.96. The molecular formula is C15H23NO2. The van der Waals surface area contributed by atoms with Crippen molar-refractivity contribution in [2.75, 3.05) is 13.8 Å².